The van der Waals surface area contributed by atoms with Crippen LogP contribution in [0.25, 0.3) is 21.5 Å². The van der Waals surface area contributed by atoms with Crippen LogP contribution in [0.15, 0.2) is 54.6 Å². The largest absolute Gasteiger partial charge is 0.388 e. The topological polar surface area (TPSA) is 9.23 Å². The molecule has 0 N–H and O–H groups in total. The first-order valence-electron chi connectivity index (χ1n) is 6.04. The van der Waals surface area contributed by atoms with Crippen molar-refractivity contribution in [2.24, 2.45) is 0 Å². The lowest BCUT2D eigenvalue weighted by molar-refractivity contribution is 0.277. The van der Waals surface area contributed by atoms with Crippen molar-refractivity contribution in [3.05, 3.63) is 60.2 Å². The zero-order valence-electron chi connectivity index (χ0n) is 11.1. The van der Waals surface area contributed by atoms with Gasteiger partial charge in [0.25, 0.3) is 0 Å². The molecule has 0 unspecified atom stereocenters. The highest BCUT2D eigenvalue weighted by Crippen LogP contribution is 2.24. The Morgan fingerprint density at radius 2 is 1.28 bits per heavy atom. The van der Waals surface area contributed by atoms with Crippen LogP contribution in [-0.4, -0.2) is 14.2 Å². The van der Waals surface area contributed by atoms with Crippen LogP contribution in [0, 0.1) is 6.92 Å². The highest BCUT2D eigenvalue weighted by atomic mass is 16.4. The molecule has 0 atom stereocenters. The van der Waals surface area contributed by atoms with Gasteiger partial charge in [-0.2, -0.15) is 0 Å². The summed E-state index contributed by atoms with van der Waals surface area (Å²) >= 11 is 0. The summed E-state index contributed by atoms with van der Waals surface area (Å²) in [5.74, 6) is 0. The molecule has 0 saturated carbocycles. The summed E-state index contributed by atoms with van der Waals surface area (Å²) in [6.07, 6.45) is 0. The van der Waals surface area contributed by atoms with Crippen LogP contribution in [0.3, 0.4) is 0 Å². The van der Waals surface area contributed by atoms with Crippen LogP contribution < -0.4 is 0 Å². The Hall–Kier alpha value is -1.86. The van der Waals surface area contributed by atoms with Crippen LogP contribution in [0.1, 0.15) is 5.56 Å². The van der Waals surface area contributed by atoms with Gasteiger partial charge in [0.1, 0.15) is 0 Å². The van der Waals surface area contributed by atoms with E-state index in [0.29, 0.717) is 0 Å². The zero-order chi connectivity index (χ0) is 13.0. The van der Waals surface area contributed by atoms with E-state index in [9.17, 15) is 0 Å². The number of methoxy groups -OCH3 is 1. The molecule has 0 bridgehead atoms. The maximum Gasteiger partial charge on any atom is 0.0351 e. The van der Waals surface area contributed by atoms with Gasteiger partial charge in [0, 0.05) is 14.2 Å². The molecule has 0 aliphatic carbocycles. The van der Waals surface area contributed by atoms with E-state index in [0.717, 1.165) is 0 Å². The van der Waals surface area contributed by atoms with E-state index in [1.165, 1.54) is 27.1 Å². The van der Waals surface area contributed by atoms with Crippen molar-refractivity contribution in [3.63, 3.8) is 0 Å². The van der Waals surface area contributed by atoms with Gasteiger partial charge in [-0.15, -0.1) is 0 Å². The first-order valence-corrected chi connectivity index (χ1v) is 6.04. The second kappa shape index (κ2) is 5.65. The van der Waals surface area contributed by atoms with Crippen LogP contribution in [0.5, 0.6) is 0 Å². The summed E-state index contributed by atoms with van der Waals surface area (Å²) in [7, 11) is 3.25. The molecule has 0 fully saturated rings. The van der Waals surface area contributed by atoms with Crippen molar-refractivity contribution in [1.82, 2.24) is 0 Å². The van der Waals surface area contributed by atoms with Crippen molar-refractivity contribution >= 4 is 21.5 Å². The van der Waals surface area contributed by atoms with Crippen LogP contribution in [-0.2, 0) is 4.74 Å². The SMILES string of the molecule is COC.Cc1cccc2cc3ccccc3cc12. The van der Waals surface area contributed by atoms with Gasteiger partial charge in [-0.1, -0.05) is 42.5 Å². The van der Waals surface area contributed by atoms with E-state index in [-0.39, 0.29) is 0 Å². The minimum Gasteiger partial charge on any atom is -0.388 e. The smallest absolute Gasteiger partial charge is 0.0351 e. The second-order valence-corrected chi connectivity index (χ2v) is 4.40. The monoisotopic (exact) mass is 238 g/mol. The number of fused-ring (bicyclic) bond motifs is 2. The Bertz CT molecular complexity index is 656. The zero-order valence-corrected chi connectivity index (χ0v) is 11.1. The average Bonchev–Trinajstić information content (AvgIpc) is 2.38. The first kappa shape index (κ1) is 12.6. The summed E-state index contributed by atoms with van der Waals surface area (Å²) in [4.78, 5) is 0. The van der Waals surface area contributed by atoms with E-state index in [4.69, 9.17) is 0 Å². The summed E-state index contributed by atoms with van der Waals surface area (Å²) in [5, 5.41) is 5.32. The van der Waals surface area contributed by atoms with Crippen molar-refractivity contribution in [1.29, 1.82) is 0 Å². The Kier molecular flexibility index (Phi) is 3.96. The number of rotatable bonds is 0. The molecule has 0 aliphatic rings. The highest BCUT2D eigenvalue weighted by molar-refractivity contribution is 5.99. The van der Waals surface area contributed by atoms with Gasteiger partial charge in [-0.25, -0.2) is 0 Å². The van der Waals surface area contributed by atoms with Gasteiger partial charge < -0.3 is 4.74 Å². The van der Waals surface area contributed by atoms with E-state index >= 15 is 0 Å². The molecule has 0 saturated heterocycles. The quantitative estimate of drug-likeness (QED) is 0.521. The molecule has 0 spiro atoms. The number of aryl methyl sites for hydroxylation is 1. The standard InChI is InChI=1S/C15H12.C2H6O/c1-11-5-4-8-14-9-12-6-2-3-7-13(12)10-15(11)14;1-3-2/h2-10H,1H3;1-2H3. The fourth-order valence-electron chi connectivity index (χ4n) is 2.12. The minimum atomic E-state index is 1.32. The lowest BCUT2D eigenvalue weighted by Crippen LogP contribution is -1.79. The maximum absolute atomic E-state index is 4.25. The molecule has 3 aromatic carbocycles. The van der Waals surface area contributed by atoms with Crippen LogP contribution >= 0.6 is 0 Å². The molecule has 1 heteroatoms. The van der Waals surface area contributed by atoms with E-state index in [2.05, 4.69) is 66.3 Å². The van der Waals surface area contributed by atoms with Gasteiger partial charge in [-0.05, 0) is 46.2 Å². The fraction of sp³-hybridized carbons (Fsp3) is 0.176. The molecule has 3 rings (SSSR count). The molecule has 3 aromatic rings. The number of ether oxygens (including phenoxy) is 1. The number of benzene rings is 3. The number of hydrogen-bond donors (Lipinski definition) is 0. The second-order valence-electron chi connectivity index (χ2n) is 4.40. The summed E-state index contributed by atoms with van der Waals surface area (Å²) in [6.45, 7) is 2.16. The Morgan fingerprint density at radius 3 is 1.94 bits per heavy atom. The predicted molar refractivity (Wildman–Crippen MR) is 79.1 cm³/mol. The molecule has 1 nitrogen and oxygen atoms in total. The average molecular weight is 238 g/mol. The van der Waals surface area contributed by atoms with E-state index in [1.807, 2.05) is 0 Å². The Balaban J connectivity index is 0.000000367. The van der Waals surface area contributed by atoms with Gasteiger partial charge >= 0.3 is 0 Å². The third kappa shape index (κ3) is 2.52. The lowest BCUT2D eigenvalue weighted by Gasteiger charge is -2.04. The van der Waals surface area contributed by atoms with Gasteiger partial charge in [0.2, 0.25) is 0 Å². The summed E-state index contributed by atoms with van der Waals surface area (Å²) in [6, 6.07) is 19.5. The molecule has 92 valence electrons. The molecule has 18 heavy (non-hydrogen) atoms. The minimum absolute atomic E-state index is 1.32. The van der Waals surface area contributed by atoms with Gasteiger partial charge in [0.05, 0.1) is 0 Å². The van der Waals surface area contributed by atoms with E-state index < -0.39 is 0 Å². The number of hydrogen-bond acceptors (Lipinski definition) is 1. The van der Waals surface area contributed by atoms with Crippen molar-refractivity contribution < 1.29 is 4.74 Å². The van der Waals surface area contributed by atoms with Crippen LogP contribution in [0.4, 0.5) is 0 Å². The van der Waals surface area contributed by atoms with Crippen molar-refractivity contribution in [2.75, 3.05) is 14.2 Å². The predicted octanol–water partition coefficient (Wildman–Crippen LogP) is 4.56. The Morgan fingerprint density at radius 1 is 0.722 bits per heavy atom. The van der Waals surface area contributed by atoms with Gasteiger partial charge in [0.15, 0.2) is 0 Å². The first-order chi connectivity index (χ1) is 8.76. The molecule has 0 amide bonds. The highest BCUT2D eigenvalue weighted by Gasteiger charge is 1.98. The fourth-order valence-corrected chi connectivity index (χ4v) is 2.12. The molecular formula is C17H18O. The molecular weight excluding hydrogens is 220 g/mol. The molecule has 0 aromatic heterocycles. The normalized spacial score (nSPS) is 10.2. The third-order valence-electron chi connectivity index (χ3n) is 2.96. The molecule has 0 heterocycles. The van der Waals surface area contributed by atoms with E-state index in [1.54, 1.807) is 14.2 Å². The third-order valence-corrected chi connectivity index (χ3v) is 2.96. The lowest BCUT2D eigenvalue weighted by atomic mass is 10.0. The summed E-state index contributed by atoms with van der Waals surface area (Å²) in [5.41, 5.74) is 1.35. The Labute approximate surface area is 108 Å². The van der Waals surface area contributed by atoms with Gasteiger partial charge in [-0.3, -0.25) is 0 Å². The molecule has 0 radical (unpaired) electrons. The van der Waals surface area contributed by atoms with Crippen molar-refractivity contribution in [3.8, 4) is 0 Å². The summed E-state index contributed by atoms with van der Waals surface area (Å²) < 4.78 is 4.25. The van der Waals surface area contributed by atoms with Crippen LogP contribution in [0.2, 0.25) is 0 Å². The van der Waals surface area contributed by atoms with Crippen molar-refractivity contribution in [2.45, 2.75) is 6.92 Å². The molecule has 0 aliphatic heterocycles. The maximum atomic E-state index is 4.25.